The Balaban J connectivity index is 1.59. The largest absolute Gasteiger partial charge is 0.496 e. The van der Waals surface area contributed by atoms with Gasteiger partial charge < -0.3 is 10.1 Å². The van der Waals surface area contributed by atoms with E-state index in [4.69, 9.17) is 9.72 Å². The van der Waals surface area contributed by atoms with Crippen LogP contribution in [0.1, 0.15) is 15.9 Å². The summed E-state index contributed by atoms with van der Waals surface area (Å²) < 4.78 is 25.7. The van der Waals surface area contributed by atoms with Crippen molar-refractivity contribution < 1.29 is 13.9 Å². The molecule has 6 rings (SSSR count). The van der Waals surface area contributed by atoms with Gasteiger partial charge in [-0.25, -0.2) is 14.2 Å². The number of hydrogen-bond donors (Lipinski definition) is 1. The predicted molar refractivity (Wildman–Crippen MR) is 158 cm³/mol. The number of halogens is 1. The summed E-state index contributed by atoms with van der Waals surface area (Å²) in [6, 6.07) is 22.1. The number of ether oxygens (including phenoxy) is 1. The number of rotatable bonds is 5. The van der Waals surface area contributed by atoms with Crippen LogP contribution in [-0.2, 0) is 14.1 Å². The zero-order valence-electron chi connectivity index (χ0n) is 23.3. The lowest BCUT2D eigenvalue weighted by atomic mass is 10.0. The van der Waals surface area contributed by atoms with E-state index in [1.54, 1.807) is 36.4 Å². The van der Waals surface area contributed by atoms with Gasteiger partial charge in [-0.2, -0.15) is 0 Å². The maximum absolute atomic E-state index is 14.8. The van der Waals surface area contributed by atoms with Gasteiger partial charge >= 0.3 is 5.69 Å². The lowest BCUT2D eigenvalue weighted by molar-refractivity contribution is 0.0959. The number of carbonyl (C=O) groups is 1. The van der Waals surface area contributed by atoms with Crippen LogP contribution in [0.5, 0.6) is 5.75 Å². The molecule has 0 fully saturated rings. The highest BCUT2D eigenvalue weighted by Gasteiger charge is 2.20. The van der Waals surface area contributed by atoms with Crippen molar-refractivity contribution in [3.8, 4) is 34.0 Å². The highest BCUT2D eigenvalue weighted by molar-refractivity contribution is 5.95. The van der Waals surface area contributed by atoms with Crippen LogP contribution >= 0.6 is 0 Å². The number of nitrogens with one attached hydrogen (secondary N) is 1. The minimum absolute atomic E-state index is 0.0110. The second kappa shape index (κ2) is 9.78. The predicted octanol–water partition coefficient (Wildman–Crippen LogP) is 5.37. The van der Waals surface area contributed by atoms with Crippen LogP contribution in [-0.4, -0.2) is 38.7 Å². The smallest absolute Gasteiger partial charge is 0.328 e. The number of benzene rings is 4. The fraction of sp³-hybridized carbons (Fsp3) is 0.156. The number of amides is 1. The van der Waals surface area contributed by atoms with Crippen LogP contribution in [0.25, 0.3) is 50.3 Å². The number of fused-ring (bicyclic) bond motifs is 2. The van der Waals surface area contributed by atoms with Crippen molar-refractivity contribution in [2.75, 3.05) is 14.2 Å². The van der Waals surface area contributed by atoms with Crippen molar-refractivity contribution >= 4 is 28.0 Å². The standard InChI is InChI=1S/C32H28FN5O3/c1-18-22(7-6-8-29(18)41-5)30-35-25-16-20(19-9-12-23(24(33)15-19)31(39)34-2)10-13-26(25)38(30)21-11-14-27-28(17-21)37(4)32(40)36(27)3/h6-17H,1-5H3,(H,34,39). The zero-order valence-corrected chi connectivity index (χ0v) is 23.3. The van der Waals surface area contributed by atoms with E-state index in [0.717, 1.165) is 44.7 Å². The van der Waals surface area contributed by atoms with Gasteiger partial charge in [-0.1, -0.05) is 24.3 Å². The number of carbonyl (C=O) groups excluding carboxylic acids is 1. The molecule has 9 heteroatoms. The summed E-state index contributed by atoms with van der Waals surface area (Å²) in [5, 5.41) is 2.46. The summed E-state index contributed by atoms with van der Waals surface area (Å²) in [5.74, 6) is 0.376. The molecule has 8 nitrogen and oxygen atoms in total. The van der Waals surface area contributed by atoms with E-state index >= 15 is 0 Å². The van der Waals surface area contributed by atoms with Crippen molar-refractivity contribution in [3.05, 3.63) is 100 Å². The Kier molecular flexibility index (Phi) is 6.22. The number of aromatic nitrogens is 4. The van der Waals surface area contributed by atoms with Gasteiger partial charge in [0.05, 0.1) is 34.7 Å². The molecule has 0 bridgehead atoms. The number of nitrogens with zero attached hydrogens (tertiary/aromatic N) is 4. The summed E-state index contributed by atoms with van der Waals surface area (Å²) in [5.41, 5.74) is 7.13. The maximum Gasteiger partial charge on any atom is 0.328 e. The first kappa shape index (κ1) is 26.1. The van der Waals surface area contributed by atoms with E-state index in [2.05, 4.69) is 9.88 Å². The second-order valence-electron chi connectivity index (χ2n) is 9.95. The Bertz CT molecular complexity index is 2070. The summed E-state index contributed by atoms with van der Waals surface area (Å²) in [6.07, 6.45) is 0. The monoisotopic (exact) mass is 549 g/mol. The Hall–Kier alpha value is -5.18. The molecule has 2 heterocycles. The Morgan fingerprint density at radius 2 is 1.61 bits per heavy atom. The molecule has 0 aliphatic rings. The van der Waals surface area contributed by atoms with Crippen LogP contribution in [0.2, 0.25) is 0 Å². The topological polar surface area (TPSA) is 83.1 Å². The molecule has 2 aromatic heterocycles. The maximum atomic E-state index is 14.8. The Morgan fingerprint density at radius 3 is 2.34 bits per heavy atom. The quantitative estimate of drug-likeness (QED) is 0.314. The molecule has 0 unspecified atom stereocenters. The van der Waals surface area contributed by atoms with Gasteiger partial charge in [0.15, 0.2) is 0 Å². The molecule has 0 radical (unpaired) electrons. The third-order valence-electron chi connectivity index (χ3n) is 7.69. The van der Waals surface area contributed by atoms with Crippen LogP contribution in [0, 0.1) is 12.7 Å². The molecule has 0 aliphatic carbocycles. The highest BCUT2D eigenvalue weighted by atomic mass is 19.1. The van der Waals surface area contributed by atoms with E-state index in [9.17, 15) is 14.0 Å². The first-order valence-corrected chi connectivity index (χ1v) is 13.1. The number of aryl methyl sites for hydroxylation is 2. The minimum Gasteiger partial charge on any atom is -0.496 e. The van der Waals surface area contributed by atoms with Gasteiger partial charge in [-0.3, -0.25) is 18.5 Å². The molecule has 0 saturated carbocycles. The lowest BCUT2D eigenvalue weighted by Gasteiger charge is -2.14. The fourth-order valence-corrected chi connectivity index (χ4v) is 5.43. The molecule has 1 amide bonds. The molecule has 0 aliphatic heterocycles. The normalized spacial score (nSPS) is 11.4. The molecule has 4 aromatic carbocycles. The van der Waals surface area contributed by atoms with Crippen LogP contribution in [0.3, 0.4) is 0 Å². The summed E-state index contributed by atoms with van der Waals surface area (Å²) >= 11 is 0. The molecule has 41 heavy (non-hydrogen) atoms. The minimum atomic E-state index is -0.595. The van der Waals surface area contributed by atoms with Gasteiger partial charge in [0.2, 0.25) is 0 Å². The molecule has 1 N–H and O–H groups in total. The van der Waals surface area contributed by atoms with Crippen molar-refractivity contribution in [1.29, 1.82) is 0 Å². The van der Waals surface area contributed by atoms with E-state index in [0.29, 0.717) is 16.9 Å². The van der Waals surface area contributed by atoms with Crippen LogP contribution in [0.4, 0.5) is 4.39 Å². The van der Waals surface area contributed by atoms with E-state index in [-0.39, 0.29) is 11.3 Å². The first-order valence-electron chi connectivity index (χ1n) is 13.1. The highest BCUT2D eigenvalue weighted by Crippen LogP contribution is 2.36. The van der Waals surface area contributed by atoms with Crippen LogP contribution < -0.4 is 15.7 Å². The van der Waals surface area contributed by atoms with Crippen LogP contribution in [0.15, 0.2) is 77.6 Å². The number of hydrogen-bond acceptors (Lipinski definition) is 4. The summed E-state index contributed by atoms with van der Waals surface area (Å²) in [6.45, 7) is 1.99. The fourth-order valence-electron chi connectivity index (χ4n) is 5.43. The SMILES string of the molecule is CNC(=O)c1ccc(-c2ccc3c(c2)nc(-c2cccc(OC)c2C)n3-c2ccc3c(c2)n(C)c(=O)n3C)cc1F. The molecular weight excluding hydrogens is 521 g/mol. The third-order valence-corrected chi connectivity index (χ3v) is 7.69. The molecule has 6 aromatic rings. The van der Waals surface area contributed by atoms with Crippen molar-refractivity contribution in [3.63, 3.8) is 0 Å². The molecule has 0 atom stereocenters. The van der Waals surface area contributed by atoms with E-state index in [1.807, 2.05) is 61.5 Å². The lowest BCUT2D eigenvalue weighted by Crippen LogP contribution is -2.19. The first-order chi connectivity index (χ1) is 19.7. The van der Waals surface area contributed by atoms with Crippen molar-refractivity contribution in [2.24, 2.45) is 14.1 Å². The Labute approximate surface area is 235 Å². The van der Waals surface area contributed by atoms with E-state index < -0.39 is 11.7 Å². The summed E-state index contributed by atoms with van der Waals surface area (Å²) in [4.78, 5) is 29.7. The zero-order chi connectivity index (χ0) is 29.0. The molecule has 206 valence electrons. The van der Waals surface area contributed by atoms with Gasteiger partial charge in [-0.05, 0) is 66.6 Å². The van der Waals surface area contributed by atoms with E-state index in [1.165, 1.54) is 19.2 Å². The molecule has 0 saturated heterocycles. The Morgan fingerprint density at radius 1 is 0.902 bits per heavy atom. The number of methoxy groups -OCH3 is 1. The third kappa shape index (κ3) is 4.09. The average molecular weight is 550 g/mol. The summed E-state index contributed by atoms with van der Waals surface area (Å²) in [7, 11) is 6.62. The average Bonchev–Trinajstić information content (AvgIpc) is 3.47. The molecule has 0 spiro atoms. The van der Waals surface area contributed by atoms with Crippen molar-refractivity contribution in [2.45, 2.75) is 6.92 Å². The van der Waals surface area contributed by atoms with Gasteiger partial charge in [0, 0.05) is 38.0 Å². The van der Waals surface area contributed by atoms with Crippen molar-refractivity contribution in [1.82, 2.24) is 24.0 Å². The second-order valence-corrected chi connectivity index (χ2v) is 9.95. The van der Waals surface area contributed by atoms with Gasteiger partial charge in [0.1, 0.15) is 17.4 Å². The van der Waals surface area contributed by atoms with Gasteiger partial charge in [-0.15, -0.1) is 0 Å². The molecular formula is C32H28FN5O3. The number of imidazole rings is 2. The van der Waals surface area contributed by atoms with Gasteiger partial charge in [0.25, 0.3) is 5.91 Å².